The van der Waals surface area contributed by atoms with E-state index in [4.69, 9.17) is 4.74 Å². The number of hydrogen-bond acceptors (Lipinski definition) is 2. The van der Waals surface area contributed by atoms with Crippen molar-refractivity contribution >= 4 is 5.91 Å². The van der Waals surface area contributed by atoms with Crippen LogP contribution in [0.5, 0.6) is 0 Å². The molecule has 0 spiro atoms. The summed E-state index contributed by atoms with van der Waals surface area (Å²) in [6.45, 7) is 1.34. The molecule has 102 valence electrons. The third kappa shape index (κ3) is 2.63. The van der Waals surface area contributed by atoms with Crippen molar-refractivity contribution in [2.45, 2.75) is 31.2 Å². The van der Waals surface area contributed by atoms with Gasteiger partial charge >= 0.3 is 0 Å². The molecule has 2 aliphatic rings. The molecule has 0 unspecified atom stereocenters. The second-order valence-corrected chi connectivity index (χ2v) is 5.46. The lowest BCUT2D eigenvalue weighted by Gasteiger charge is -2.25. The molecule has 19 heavy (non-hydrogen) atoms. The van der Waals surface area contributed by atoms with Crippen LogP contribution in [0.4, 0.5) is 4.39 Å². The Hall–Kier alpha value is -1.42. The fourth-order valence-corrected chi connectivity index (χ4v) is 2.68. The third-order valence-corrected chi connectivity index (χ3v) is 4.10. The molecule has 3 rings (SSSR count). The molecule has 0 aromatic heterocycles. The van der Waals surface area contributed by atoms with Crippen molar-refractivity contribution in [2.24, 2.45) is 5.92 Å². The molecule has 1 amide bonds. The van der Waals surface area contributed by atoms with E-state index in [0.29, 0.717) is 13.2 Å². The zero-order valence-electron chi connectivity index (χ0n) is 10.8. The smallest absolute Gasteiger partial charge is 0.223 e. The summed E-state index contributed by atoms with van der Waals surface area (Å²) in [5.41, 5.74) is 0.762. The Kier molecular flexibility index (Phi) is 3.27. The second-order valence-electron chi connectivity index (χ2n) is 5.46. The van der Waals surface area contributed by atoms with Crippen LogP contribution in [-0.4, -0.2) is 19.1 Å². The minimum atomic E-state index is -0.247. The van der Waals surface area contributed by atoms with Gasteiger partial charge in [0.25, 0.3) is 0 Å². The summed E-state index contributed by atoms with van der Waals surface area (Å²) in [6.07, 6.45) is 3.47. The Balaban J connectivity index is 1.68. The summed E-state index contributed by atoms with van der Waals surface area (Å²) >= 11 is 0. The summed E-state index contributed by atoms with van der Waals surface area (Å²) in [6, 6.07) is 6.45. The molecule has 1 aromatic carbocycles. The predicted molar refractivity (Wildman–Crippen MR) is 69.0 cm³/mol. The molecule has 1 saturated carbocycles. The first kappa shape index (κ1) is 12.6. The van der Waals surface area contributed by atoms with Crippen molar-refractivity contribution in [2.75, 3.05) is 13.2 Å². The van der Waals surface area contributed by atoms with Crippen LogP contribution in [0.3, 0.4) is 0 Å². The molecule has 0 atom stereocenters. The molecule has 3 nitrogen and oxygen atoms in total. The molecule has 0 radical (unpaired) electrons. The highest BCUT2D eigenvalue weighted by Gasteiger charge is 2.46. The maximum atomic E-state index is 12.9. The summed E-state index contributed by atoms with van der Waals surface area (Å²) in [5.74, 6) is -0.0629. The van der Waals surface area contributed by atoms with Crippen LogP contribution in [0.15, 0.2) is 24.3 Å². The molecule has 1 heterocycles. The van der Waals surface area contributed by atoms with Crippen molar-refractivity contribution in [3.05, 3.63) is 35.6 Å². The van der Waals surface area contributed by atoms with E-state index < -0.39 is 0 Å². The lowest BCUT2D eigenvalue weighted by atomic mass is 9.97. The van der Waals surface area contributed by atoms with Gasteiger partial charge in [0.05, 0.1) is 5.54 Å². The van der Waals surface area contributed by atoms with Crippen LogP contribution in [0.1, 0.15) is 31.2 Å². The van der Waals surface area contributed by atoms with Gasteiger partial charge in [-0.25, -0.2) is 4.39 Å². The van der Waals surface area contributed by atoms with Gasteiger partial charge in [-0.05, 0) is 43.4 Å². The highest BCUT2D eigenvalue weighted by molar-refractivity contribution is 5.80. The average Bonchev–Trinajstić information content (AvgIpc) is 3.21. The summed E-state index contributed by atoms with van der Waals surface area (Å²) < 4.78 is 18.2. The second kappa shape index (κ2) is 4.93. The molecule has 1 saturated heterocycles. The van der Waals surface area contributed by atoms with Gasteiger partial charge in [-0.3, -0.25) is 4.79 Å². The number of carbonyl (C=O) groups excluding carboxylic acids is 1. The molecular weight excluding hydrogens is 245 g/mol. The fourth-order valence-electron chi connectivity index (χ4n) is 2.68. The highest BCUT2D eigenvalue weighted by atomic mass is 19.1. The Morgan fingerprint density at radius 1 is 1.21 bits per heavy atom. The van der Waals surface area contributed by atoms with Gasteiger partial charge in [0, 0.05) is 19.1 Å². The summed E-state index contributed by atoms with van der Waals surface area (Å²) in [4.78, 5) is 12.3. The Labute approximate surface area is 112 Å². The molecule has 4 heteroatoms. The van der Waals surface area contributed by atoms with Gasteiger partial charge in [-0.1, -0.05) is 12.1 Å². The summed E-state index contributed by atoms with van der Waals surface area (Å²) in [7, 11) is 0. The molecule has 1 N–H and O–H groups in total. The van der Waals surface area contributed by atoms with E-state index in [0.717, 1.165) is 31.2 Å². The number of hydrogen-bond donors (Lipinski definition) is 1. The maximum Gasteiger partial charge on any atom is 0.223 e. The molecule has 1 aliphatic carbocycles. The molecule has 1 aromatic rings. The van der Waals surface area contributed by atoms with Gasteiger partial charge in [0.1, 0.15) is 5.82 Å². The maximum absolute atomic E-state index is 12.9. The van der Waals surface area contributed by atoms with Crippen LogP contribution in [0.25, 0.3) is 0 Å². The minimum absolute atomic E-state index is 0.0617. The van der Waals surface area contributed by atoms with Crippen molar-refractivity contribution in [3.8, 4) is 0 Å². The zero-order chi connectivity index (χ0) is 13.3. The molecule has 1 aliphatic heterocycles. The van der Waals surface area contributed by atoms with E-state index in [-0.39, 0.29) is 23.2 Å². The van der Waals surface area contributed by atoms with E-state index in [2.05, 4.69) is 5.32 Å². The first-order chi connectivity index (χ1) is 9.20. The van der Waals surface area contributed by atoms with Gasteiger partial charge in [-0.15, -0.1) is 0 Å². The van der Waals surface area contributed by atoms with Crippen LogP contribution in [0.2, 0.25) is 0 Å². The van der Waals surface area contributed by atoms with E-state index in [9.17, 15) is 9.18 Å². The normalized spacial score (nSPS) is 21.9. The zero-order valence-corrected chi connectivity index (χ0v) is 10.8. The minimum Gasteiger partial charge on any atom is -0.381 e. The molecule has 0 bridgehead atoms. The van der Waals surface area contributed by atoms with Crippen LogP contribution in [0, 0.1) is 11.7 Å². The van der Waals surface area contributed by atoms with E-state index in [1.54, 1.807) is 12.1 Å². The van der Waals surface area contributed by atoms with Crippen molar-refractivity contribution in [1.82, 2.24) is 5.32 Å². The number of carbonyl (C=O) groups is 1. The quantitative estimate of drug-likeness (QED) is 0.909. The first-order valence-corrected chi connectivity index (χ1v) is 6.85. The fraction of sp³-hybridized carbons (Fsp3) is 0.533. The largest absolute Gasteiger partial charge is 0.381 e. The monoisotopic (exact) mass is 263 g/mol. The summed E-state index contributed by atoms with van der Waals surface area (Å²) in [5, 5.41) is 3.16. The number of rotatable bonds is 3. The molecule has 2 fully saturated rings. The van der Waals surface area contributed by atoms with Gasteiger partial charge in [0.2, 0.25) is 5.91 Å². The predicted octanol–water partition coefficient (Wildman–Crippen LogP) is 2.36. The Morgan fingerprint density at radius 2 is 1.84 bits per heavy atom. The molecular formula is C15H18FNO2. The third-order valence-electron chi connectivity index (χ3n) is 4.10. The average molecular weight is 263 g/mol. The lowest BCUT2D eigenvalue weighted by molar-refractivity contribution is -0.128. The number of halogens is 1. The standard InChI is InChI=1S/C15H18FNO2/c16-13-3-1-12(2-4-13)15(7-8-15)17-14(18)11-5-9-19-10-6-11/h1-4,11H,5-10H2,(H,17,18). The van der Waals surface area contributed by atoms with Crippen molar-refractivity contribution in [3.63, 3.8) is 0 Å². The van der Waals surface area contributed by atoms with Crippen molar-refractivity contribution in [1.29, 1.82) is 0 Å². The SMILES string of the molecule is O=C(NC1(c2ccc(F)cc2)CC1)C1CCOCC1. The number of ether oxygens (including phenoxy) is 1. The van der Waals surface area contributed by atoms with Crippen LogP contribution in [-0.2, 0) is 15.1 Å². The Morgan fingerprint density at radius 3 is 2.42 bits per heavy atom. The van der Waals surface area contributed by atoms with E-state index >= 15 is 0 Å². The van der Waals surface area contributed by atoms with Crippen LogP contribution >= 0.6 is 0 Å². The first-order valence-electron chi connectivity index (χ1n) is 6.85. The highest BCUT2D eigenvalue weighted by Crippen LogP contribution is 2.45. The van der Waals surface area contributed by atoms with Crippen molar-refractivity contribution < 1.29 is 13.9 Å². The van der Waals surface area contributed by atoms with Gasteiger partial charge in [-0.2, -0.15) is 0 Å². The number of amides is 1. The topological polar surface area (TPSA) is 38.3 Å². The van der Waals surface area contributed by atoms with E-state index in [1.165, 1.54) is 12.1 Å². The van der Waals surface area contributed by atoms with Gasteiger partial charge < -0.3 is 10.1 Å². The Bertz CT molecular complexity index is 462. The van der Waals surface area contributed by atoms with Crippen LogP contribution < -0.4 is 5.32 Å². The number of nitrogens with one attached hydrogen (secondary N) is 1. The van der Waals surface area contributed by atoms with Gasteiger partial charge in [0.15, 0.2) is 0 Å². The number of benzene rings is 1. The van der Waals surface area contributed by atoms with E-state index in [1.807, 2.05) is 0 Å². The lowest BCUT2D eigenvalue weighted by Crippen LogP contribution is -2.40.